The van der Waals surface area contributed by atoms with Crippen LogP contribution in [0.15, 0.2) is 18.2 Å². The van der Waals surface area contributed by atoms with Gasteiger partial charge in [0, 0.05) is 24.4 Å². The van der Waals surface area contributed by atoms with Crippen LogP contribution in [0.4, 0.5) is 5.69 Å². The molecular formula is C15H20ClNO2. The van der Waals surface area contributed by atoms with Crippen molar-refractivity contribution in [2.75, 3.05) is 23.9 Å². The molecule has 1 aromatic carbocycles. The van der Waals surface area contributed by atoms with Crippen LogP contribution in [0.1, 0.15) is 31.7 Å². The molecule has 0 aliphatic carbocycles. The quantitative estimate of drug-likeness (QED) is 0.591. The number of benzene rings is 1. The maximum atomic E-state index is 12.1. The number of hydrogen-bond donors (Lipinski definition) is 0. The molecule has 1 aliphatic heterocycles. The van der Waals surface area contributed by atoms with Crippen molar-refractivity contribution in [1.29, 1.82) is 0 Å². The van der Waals surface area contributed by atoms with E-state index in [1.807, 2.05) is 30.0 Å². The Labute approximate surface area is 119 Å². The van der Waals surface area contributed by atoms with Crippen molar-refractivity contribution in [2.45, 2.75) is 32.6 Å². The molecule has 0 N–H and O–H groups in total. The van der Waals surface area contributed by atoms with E-state index < -0.39 is 0 Å². The Hall–Kier alpha value is -1.22. The Morgan fingerprint density at radius 1 is 1.32 bits per heavy atom. The van der Waals surface area contributed by atoms with E-state index >= 15 is 0 Å². The summed E-state index contributed by atoms with van der Waals surface area (Å²) < 4.78 is 5.65. The zero-order chi connectivity index (χ0) is 13.7. The minimum Gasteiger partial charge on any atom is -0.494 e. The van der Waals surface area contributed by atoms with Gasteiger partial charge in [-0.1, -0.05) is 6.07 Å². The van der Waals surface area contributed by atoms with Crippen molar-refractivity contribution in [3.05, 3.63) is 23.8 Å². The smallest absolute Gasteiger partial charge is 0.227 e. The summed E-state index contributed by atoms with van der Waals surface area (Å²) in [5.74, 6) is 1.76. The Morgan fingerprint density at radius 3 is 2.89 bits per heavy atom. The molecular weight excluding hydrogens is 262 g/mol. The zero-order valence-corrected chi connectivity index (χ0v) is 12.1. The lowest BCUT2D eigenvalue weighted by molar-refractivity contribution is -0.118. The first-order chi connectivity index (χ1) is 9.27. The number of halogens is 1. The molecule has 0 fully saturated rings. The number of ether oxygens (including phenoxy) is 1. The fourth-order valence-electron chi connectivity index (χ4n) is 2.46. The second kappa shape index (κ2) is 6.80. The average molecular weight is 282 g/mol. The topological polar surface area (TPSA) is 29.5 Å². The van der Waals surface area contributed by atoms with Gasteiger partial charge in [-0.05, 0) is 38.3 Å². The maximum absolute atomic E-state index is 12.1. The second-order valence-electron chi connectivity index (χ2n) is 4.63. The molecule has 1 amide bonds. The van der Waals surface area contributed by atoms with Gasteiger partial charge in [-0.3, -0.25) is 4.79 Å². The van der Waals surface area contributed by atoms with E-state index in [1.54, 1.807) is 0 Å². The van der Waals surface area contributed by atoms with Crippen molar-refractivity contribution in [3.8, 4) is 5.75 Å². The predicted molar refractivity (Wildman–Crippen MR) is 78.2 cm³/mol. The monoisotopic (exact) mass is 281 g/mol. The van der Waals surface area contributed by atoms with Crippen LogP contribution in [-0.2, 0) is 11.2 Å². The van der Waals surface area contributed by atoms with Gasteiger partial charge in [-0.2, -0.15) is 0 Å². The lowest BCUT2D eigenvalue weighted by Crippen LogP contribution is -2.36. The highest BCUT2D eigenvalue weighted by molar-refractivity contribution is 6.17. The first-order valence-corrected chi connectivity index (χ1v) is 7.42. The third-order valence-electron chi connectivity index (χ3n) is 3.35. The number of alkyl halides is 1. The Morgan fingerprint density at radius 2 is 2.16 bits per heavy atom. The number of unbranched alkanes of at least 4 members (excludes halogenated alkanes) is 1. The summed E-state index contributed by atoms with van der Waals surface area (Å²) in [5, 5.41) is 0. The molecule has 0 bridgehead atoms. The summed E-state index contributed by atoms with van der Waals surface area (Å²) >= 11 is 5.70. The minimum absolute atomic E-state index is 0.204. The number of nitrogens with zero attached hydrogens (tertiary/aromatic N) is 1. The van der Waals surface area contributed by atoms with Crippen LogP contribution in [0.2, 0.25) is 0 Å². The van der Waals surface area contributed by atoms with Gasteiger partial charge in [0.2, 0.25) is 5.91 Å². The van der Waals surface area contributed by atoms with E-state index in [0.717, 1.165) is 42.8 Å². The fourth-order valence-corrected chi connectivity index (χ4v) is 2.65. The molecule has 104 valence electrons. The predicted octanol–water partition coefficient (Wildman–Crippen LogP) is 3.38. The van der Waals surface area contributed by atoms with Crippen LogP contribution < -0.4 is 9.64 Å². The molecule has 0 radical (unpaired) electrons. The zero-order valence-electron chi connectivity index (χ0n) is 11.3. The second-order valence-corrected chi connectivity index (χ2v) is 5.01. The number of hydrogen-bond acceptors (Lipinski definition) is 2. The summed E-state index contributed by atoms with van der Waals surface area (Å²) in [5.41, 5.74) is 2.17. The van der Waals surface area contributed by atoms with Gasteiger partial charge in [0.1, 0.15) is 5.75 Å². The molecule has 0 spiro atoms. The van der Waals surface area contributed by atoms with Crippen molar-refractivity contribution in [3.63, 3.8) is 0 Å². The van der Waals surface area contributed by atoms with Gasteiger partial charge in [-0.25, -0.2) is 0 Å². The molecule has 2 rings (SSSR count). The summed E-state index contributed by atoms with van der Waals surface area (Å²) in [6, 6.07) is 5.95. The van der Waals surface area contributed by atoms with E-state index in [2.05, 4.69) is 0 Å². The van der Waals surface area contributed by atoms with Gasteiger partial charge >= 0.3 is 0 Å². The van der Waals surface area contributed by atoms with Crippen LogP contribution in [0.5, 0.6) is 5.75 Å². The van der Waals surface area contributed by atoms with Crippen LogP contribution in [0.3, 0.4) is 0 Å². The van der Waals surface area contributed by atoms with Crippen LogP contribution in [-0.4, -0.2) is 24.9 Å². The maximum Gasteiger partial charge on any atom is 0.227 e. The highest BCUT2D eigenvalue weighted by Gasteiger charge is 2.25. The van der Waals surface area contributed by atoms with Crippen molar-refractivity contribution < 1.29 is 9.53 Å². The molecule has 0 aromatic heterocycles. The summed E-state index contributed by atoms with van der Waals surface area (Å²) in [6.45, 7) is 3.37. The average Bonchev–Trinajstić information content (AvgIpc) is 2.42. The van der Waals surface area contributed by atoms with E-state index in [-0.39, 0.29) is 5.91 Å². The highest BCUT2D eigenvalue weighted by Crippen LogP contribution is 2.34. The fraction of sp³-hybridized carbons (Fsp3) is 0.533. The molecule has 1 aromatic rings. The molecule has 0 unspecified atom stereocenters. The third-order valence-corrected chi connectivity index (χ3v) is 3.62. The van der Waals surface area contributed by atoms with Crippen molar-refractivity contribution in [2.24, 2.45) is 0 Å². The van der Waals surface area contributed by atoms with Crippen molar-refractivity contribution in [1.82, 2.24) is 0 Å². The van der Waals surface area contributed by atoms with Gasteiger partial charge in [0.15, 0.2) is 0 Å². The number of carbonyl (C=O) groups is 1. The number of amides is 1. The summed E-state index contributed by atoms with van der Waals surface area (Å²) in [4.78, 5) is 14.0. The number of fused-ring (bicyclic) bond motifs is 1. The molecule has 0 saturated heterocycles. The standard InChI is InChI=1S/C15H20ClNO2/c1-2-19-14-7-5-6-13-12(14)8-9-15(18)17(13)11-4-3-10-16/h5-7H,2-4,8-11H2,1H3. The largest absolute Gasteiger partial charge is 0.494 e. The Bertz CT molecular complexity index is 448. The first kappa shape index (κ1) is 14.2. The van der Waals surface area contributed by atoms with E-state index in [4.69, 9.17) is 16.3 Å². The lowest BCUT2D eigenvalue weighted by Gasteiger charge is -2.30. The van der Waals surface area contributed by atoms with E-state index in [0.29, 0.717) is 18.9 Å². The Balaban J connectivity index is 2.23. The first-order valence-electron chi connectivity index (χ1n) is 6.89. The molecule has 19 heavy (non-hydrogen) atoms. The van der Waals surface area contributed by atoms with Crippen LogP contribution >= 0.6 is 11.6 Å². The van der Waals surface area contributed by atoms with Gasteiger partial charge in [0.05, 0.1) is 12.3 Å². The molecule has 3 nitrogen and oxygen atoms in total. The Kier molecular flexibility index (Phi) is 5.08. The third kappa shape index (κ3) is 3.21. The normalized spacial score (nSPS) is 14.4. The summed E-state index contributed by atoms with van der Waals surface area (Å²) in [7, 11) is 0. The summed E-state index contributed by atoms with van der Waals surface area (Å²) in [6.07, 6.45) is 3.22. The lowest BCUT2D eigenvalue weighted by atomic mass is 9.99. The van der Waals surface area contributed by atoms with E-state index in [9.17, 15) is 4.79 Å². The van der Waals surface area contributed by atoms with Gasteiger partial charge in [-0.15, -0.1) is 11.6 Å². The molecule has 0 saturated carbocycles. The molecule has 0 atom stereocenters. The van der Waals surface area contributed by atoms with Crippen molar-refractivity contribution >= 4 is 23.2 Å². The molecule has 1 heterocycles. The number of carbonyl (C=O) groups excluding carboxylic acids is 1. The number of rotatable bonds is 6. The van der Waals surface area contributed by atoms with Crippen LogP contribution in [0, 0.1) is 0 Å². The minimum atomic E-state index is 0.204. The van der Waals surface area contributed by atoms with E-state index in [1.165, 1.54) is 0 Å². The highest BCUT2D eigenvalue weighted by atomic mass is 35.5. The SMILES string of the molecule is CCOc1cccc2c1CCC(=O)N2CCCCCl. The van der Waals surface area contributed by atoms with Gasteiger partial charge < -0.3 is 9.64 Å². The molecule has 4 heteroatoms. The van der Waals surface area contributed by atoms with Gasteiger partial charge in [0.25, 0.3) is 0 Å². The molecule has 1 aliphatic rings. The van der Waals surface area contributed by atoms with Crippen LogP contribution in [0.25, 0.3) is 0 Å². The number of anilines is 1.